The predicted molar refractivity (Wildman–Crippen MR) is 37.6 cm³/mol. The SMILES string of the molecule is N=C(N)NCCC[CH]N. The summed E-state index contributed by atoms with van der Waals surface area (Å²) in [6, 6.07) is 0. The number of unbranched alkanes of at least 4 members (excludes halogenated alkanes) is 1. The first-order chi connectivity index (χ1) is 4.27. The summed E-state index contributed by atoms with van der Waals surface area (Å²) in [5, 5.41) is 9.42. The monoisotopic (exact) mass is 129 g/mol. The van der Waals surface area contributed by atoms with Gasteiger partial charge in [0.1, 0.15) is 0 Å². The molecule has 0 aliphatic carbocycles. The largest absolute Gasteiger partial charge is 0.370 e. The van der Waals surface area contributed by atoms with Crippen molar-refractivity contribution in [1.29, 1.82) is 5.41 Å². The van der Waals surface area contributed by atoms with Gasteiger partial charge in [-0.05, 0) is 12.8 Å². The second-order valence-electron chi connectivity index (χ2n) is 1.72. The van der Waals surface area contributed by atoms with Crippen LogP contribution in [0.1, 0.15) is 12.8 Å². The molecule has 0 heterocycles. The van der Waals surface area contributed by atoms with Crippen LogP contribution in [0.15, 0.2) is 0 Å². The van der Waals surface area contributed by atoms with E-state index in [1.807, 2.05) is 0 Å². The van der Waals surface area contributed by atoms with Crippen LogP contribution in [0.4, 0.5) is 0 Å². The van der Waals surface area contributed by atoms with Crippen LogP contribution in [0.25, 0.3) is 0 Å². The molecule has 0 aromatic carbocycles. The van der Waals surface area contributed by atoms with Crippen LogP contribution in [0.5, 0.6) is 0 Å². The molecular formula is C5H13N4. The van der Waals surface area contributed by atoms with E-state index in [4.69, 9.17) is 16.9 Å². The van der Waals surface area contributed by atoms with E-state index in [2.05, 4.69) is 5.32 Å². The van der Waals surface area contributed by atoms with Crippen LogP contribution in [0.3, 0.4) is 0 Å². The first-order valence-corrected chi connectivity index (χ1v) is 2.88. The molecule has 0 fully saturated rings. The van der Waals surface area contributed by atoms with Crippen molar-refractivity contribution in [2.45, 2.75) is 12.8 Å². The Morgan fingerprint density at radius 3 is 2.78 bits per heavy atom. The van der Waals surface area contributed by atoms with Crippen LogP contribution < -0.4 is 16.8 Å². The number of guanidine groups is 1. The van der Waals surface area contributed by atoms with Gasteiger partial charge in [0.05, 0.1) is 0 Å². The fraction of sp³-hybridized carbons (Fsp3) is 0.600. The lowest BCUT2D eigenvalue weighted by molar-refractivity contribution is 0.754. The quantitative estimate of drug-likeness (QED) is 0.231. The van der Waals surface area contributed by atoms with Gasteiger partial charge >= 0.3 is 0 Å². The van der Waals surface area contributed by atoms with E-state index in [-0.39, 0.29) is 5.96 Å². The highest BCUT2D eigenvalue weighted by Gasteiger charge is 1.85. The highest BCUT2D eigenvalue weighted by molar-refractivity contribution is 5.74. The molecule has 1 radical (unpaired) electrons. The minimum absolute atomic E-state index is 0.0204. The number of nitrogens with two attached hydrogens (primary N) is 2. The Morgan fingerprint density at radius 1 is 1.67 bits per heavy atom. The van der Waals surface area contributed by atoms with Gasteiger partial charge in [-0.1, -0.05) is 0 Å². The molecular weight excluding hydrogens is 116 g/mol. The zero-order valence-electron chi connectivity index (χ0n) is 5.35. The van der Waals surface area contributed by atoms with Gasteiger partial charge in [-0.2, -0.15) is 0 Å². The Hall–Kier alpha value is -0.770. The predicted octanol–water partition coefficient (Wildman–Crippen LogP) is -0.630. The third-order valence-electron chi connectivity index (χ3n) is 0.863. The minimum atomic E-state index is 0.0204. The van der Waals surface area contributed by atoms with E-state index in [1.165, 1.54) is 0 Å². The molecule has 0 saturated carbocycles. The Labute approximate surface area is 55.1 Å². The number of hydrogen-bond acceptors (Lipinski definition) is 2. The van der Waals surface area contributed by atoms with Crippen LogP contribution in [-0.4, -0.2) is 12.5 Å². The maximum Gasteiger partial charge on any atom is 0.185 e. The average molecular weight is 129 g/mol. The Bertz CT molecular complexity index is 81.0. The number of nitrogens with one attached hydrogen (secondary N) is 2. The summed E-state index contributed by atoms with van der Waals surface area (Å²) in [5.41, 5.74) is 10.1. The third-order valence-corrected chi connectivity index (χ3v) is 0.863. The lowest BCUT2D eigenvalue weighted by atomic mass is 10.3. The molecule has 4 heteroatoms. The lowest BCUT2D eigenvalue weighted by Gasteiger charge is -2.00. The molecule has 0 rings (SSSR count). The van der Waals surface area contributed by atoms with Crippen molar-refractivity contribution in [3.63, 3.8) is 0 Å². The molecule has 0 aliphatic rings. The normalized spacial score (nSPS) is 9.00. The molecule has 0 spiro atoms. The van der Waals surface area contributed by atoms with Gasteiger partial charge in [0, 0.05) is 13.1 Å². The molecule has 6 N–H and O–H groups in total. The summed E-state index contributed by atoms with van der Waals surface area (Å²) in [6.07, 6.45) is 1.79. The summed E-state index contributed by atoms with van der Waals surface area (Å²) in [7, 11) is 0. The van der Waals surface area contributed by atoms with Crippen molar-refractivity contribution in [3.8, 4) is 0 Å². The van der Waals surface area contributed by atoms with Gasteiger partial charge < -0.3 is 16.8 Å². The summed E-state index contributed by atoms with van der Waals surface area (Å²) in [5.74, 6) is 0.0204. The fourth-order valence-electron chi connectivity index (χ4n) is 0.443. The van der Waals surface area contributed by atoms with Crippen LogP contribution >= 0.6 is 0 Å². The van der Waals surface area contributed by atoms with Gasteiger partial charge in [-0.25, -0.2) is 0 Å². The Morgan fingerprint density at radius 2 is 2.33 bits per heavy atom. The molecule has 0 aliphatic heterocycles. The molecule has 0 aromatic rings. The summed E-state index contributed by atoms with van der Waals surface area (Å²) in [4.78, 5) is 0. The van der Waals surface area contributed by atoms with Crippen molar-refractivity contribution in [3.05, 3.63) is 6.54 Å². The first-order valence-electron chi connectivity index (χ1n) is 2.88. The molecule has 0 bridgehead atoms. The molecule has 0 amide bonds. The van der Waals surface area contributed by atoms with Crippen molar-refractivity contribution in [2.24, 2.45) is 11.5 Å². The maximum absolute atomic E-state index is 6.76. The molecule has 0 unspecified atom stereocenters. The van der Waals surface area contributed by atoms with Crippen LogP contribution in [0.2, 0.25) is 0 Å². The topological polar surface area (TPSA) is 87.9 Å². The van der Waals surface area contributed by atoms with E-state index < -0.39 is 0 Å². The molecule has 0 atom stereocenters. The molecule has 0 saturated heterocycles. The van der Waals surface area contributed by atoms with Crippen LogP contribution in [0, 0.1) is 12.0 Å². The summed E-state index contributed by atoms with van der Waals surface area (Å²) >= 11 is 0. The Kier molecular flexibility index (Phi) is 4.91. The standard InChI is InChI=1S/C5H13N4/c6-3-1-2-4-9-5(7)8/h3H,1-2,4,6H2,(H4,7,8,9). The van der Waals surface area contributed by atoms with Gasteiger partial charge in [-0.15, -0.1) is 0 Å². The van der Waals surface area contributed by atoms with Crippen molar-refractivity contribution < 1.29 is 0 Å². The van der Waals surface area contributed by atoms with E-state index in [9.17, 15) is 0 Å². The first kappa shape index (κ1) is 8.23. The molecule has 0 aromatic heterocycles. The average Bonchev–Trinajstić information content (AvgIpc) is 1.80. The van der Waals surface area contributed by atoms with E-state index in [1.54, 1.807) is 6.54 Å². The molecule has 4 nitrogen and oxygen atoms in total. The van der Waals surface area contributed by atoms with Crippen molar-refractivity contribution in [2.75, 3.05) is 6.54 Å². The zero-order valence-corrected chi connectivity index (χ0v) is 5.35. The second kappa shape index (κ2) is 5.37. The van der Waals surface area contributed by atoms with Gasteiger partial charge in [0.25, 0.3) is 0 Å². The van der Waals surface area contributed by atoms with Gasteiger partial charge in [0.2, 0.25) is 0 Å². The summed E-state index contributed by atoms with van der Waals surface area (Å²) < 4.78 is 0. The van der Waals surface area contributed by atoms with E-state index >= 15 is 0 Å². The highest BCUT2D eigenvalue weighted by atomic mass is 15.0. The highest BCUT2D eigenvalue weighted by Crippen LogP contribution is 1.84. The van der Waals surface area contributed by atoms with E-state index in [0.29, 0.717) is 0 Å². The van der Waals surface area contributed by atoms with Gasteiger partial charge in [0.15, 0.2) is 5.96 Å². The Balaban J connectivity index is 2.83. The zero-order chi connectivity index (χ0) is 7.11. The smallest absolute Gasteiger partial charge is 0.185 e. The van der Waals surface area contributed by atoms with Gasteiger partial charge in [-0.3, -0.25) is 5.41 Å². The van der Waals surface area contributed by atoms with Crippen molar-refractivity contribution in [1.82, 2.24) is 5.32 Å². The third kappa shape index (κ3) is 7.23. The second-order valence-corrected chi connectivity index (χ2v) is 1.72. The number of hydrogen-bond donors (Lipinski definition) is 4. The number of rotatable bonds is 4. The van der Waals surface area contributed by atoms with Crippen LogP contribution in [-0.2, 0) is 0 Å². The lowest BCUT2D eigenvalue weighted by Crippen LogP contribution is -2.30. The fourth-order valence-corrected chi connectivity index (χ4v) is 0.443. The summed E-state index contributed by atoms with van der Waals surface area (Å²) in [6.45, 7) is 2.32. The van der Waals surface area contributed by atoms with Crippen molar-refractivity contribution >= 4 is 5.96 Å². The molecule has 53 valence electrons. The minimum Gasteiger partial charge on any atom is -0.370 e. The molecule has 9 heavy (non-hydrogen) atoms. The van der Waals surface area contributed by atoms with E-state index in [0.717, 1.165) is 19.4 Å². The maximum atomic E-state index is 6.76.